The molecule has 7 heteroatoms. The van der Waals surface area contributed by atoms with E-state index in [1.807, 2.05) is 31.2 Å². The van der Waals surface area contributed by atoms with Crippen LogP contribution in [-0.2, 0) is 13.0 Å². The molecule has 0 spiro atoms. The fourth-order valence-electron chi connectivity index (χ4n) is 3.23. The molecule has 3 heterocycles. The molecular formula is C20H19N5O2. The van der Waals surface area contributed by atoms with Crippen molar-refractivity contribution in [1.82, 2.24) is 24.5 Å². The topological polar surface area (TPSA) is 81.3 Å². The smallest absolute Gasteiger partial charge is 0.277 e. The number of aromatic nitrogens is 4. The fraction of sp³-hybridized carbons (Fsp3) is 0.200. The van der Waals surface area contributed by atoms with Crippen LogP contribution in [0.1, 0.15) is 23.0 Å². The van der Waals surface area contributed by atoms with Gasteiger partial charge >= 0.3 is 0 Å². The van der Waals surface area contributed by atoms with Crippen molar-refractivity contribution in [1.29, 1.82) is 0 Å². The van der Waals surface area contributed by atoms with Crippen LogP contribution in [0.5, 0.6) is 0 Å². The molecule has 1 N–H and O–H groups in total. The van der Waals surface area contributed by atoms with E-state index in [9.17, 15) is 9.59 Å². The zero-order valence-corrected chi connectivity index (χ0v) is 14.9. The number of nitrogens with zero attached hydrogens (tertiary/aromatic N) is 4. The Morgan fingerprint density at radius 1 is 1.07 bits per heavy atom. The van der Waals surface area contributed by atoms with Crippen LogP contribution in [0.3, 0.4) is 0 Å². The van der Waals surface area contributed by atoms with Crippen LogP contribution in [-0.4, -0.2) is 31.6 Å². The molecule has 1 aromatic carbocycles. The van der Waals surface area contributed by atoms with E-state index in [0.717, 1.165) is 11.2 Å². The van der Waals surface area contributed by atoms with Gasteiger partial charge in [-0.1, -0.05) is 6.07 Å². The van der Waals surface area contributed by atoms with Crippen LogP contribution in [0.15, 0.2) is 59.7 Å². The summed E-state index contributed by atoms with van der Waals surface area (Å²) in [6.07, 6.45) is 4.00. The van der Waals surface area contributed by atoms with Crippen LogP contribution in [0.2, 0.25) is 0 Å². The third-order valence-corrected chi connectivity index (χ3v) is 4.57. The molecule has 0 aliphatic rings. The number of nitrogens with one attached hydrogen (secondary N) is 1. The van der Waals surface area contributed by atoms with E-state index in [-0.39, 0.29) is 11.5 Å². The molecule has 0 fully saturated rings. The number of amides is 1. The van der Waals surface area contributed by atoms with Gasteiger partial charge in [-0.25, -0.2) is 4.52 Å². The molecule has 0 atom stereocenters. The van der Waals surface area contributed by atoms with Crippen molar-refractivity contribution in [3.8, 4) is 0 Å². The number of benzene rings is 1. The summed E-state index contributed by atoms with van der Waals surface area (Å²) in [6, 6.07) is 12.7. The Bertz CT molecular complexity index is 1180. The van der Waals surface area contributed by atoms with E-state index in [4.69, 9.17) is 0 Å². The summed E-state index contributed by atoms with van der Waals surface area (Å²) in [4.78, 5) is 29.4. The van der Waals surface area contributed by atoms with E-state index in [2.05, 4.69) is 15.4 Å². The van der Waals surface area contributed by atoms with Gasteiger partial charge in [-0.2, -0.15) is 5.10 Å². The van der Waals surface area contributed by atoms with Crippen LogP contribution >= 0.6 is 0 Å². The van der Waals surface area contributed by atoms with Crippen molar-refractivity contribution >= 4 is 22.5 Å². The molecule has 0 aliphatic carbocycles. The number of fused-ring (bicyclic) bond motifs is 3. The van der Waals surface area contributed by atoms with Gasteiger partial charge in [0.25, 0.3) is 11.5 Å². The second-order valence-corrected chi connectivity index (χ2v) is 6.21. The number of carbonyl (C=O) groups excluding carboxylic acids is 1. The number of pyridine rings is 1. The third kappa shape index (κ3) is 3.08. The molecule has 7 nitrogen and oxygen atoms in total. The van der Waals surface area contributed by atoms with E-state index in [1.54, 1.807) is 39.7 Å². The number of rotatable bonds is 5. The molecule has 0 radical (unpaired) electrons. The summed E-state index contributed by atoms with van der Waals surface area (Å²) in [5.41, 5.74) is 3.33. The average molecular weight is 361 g/mol. The van der Waals surface area contributed by atoms with Gasteiger partial charge in [0.15, 0.2) is 0 Å². The summed E-state index contributed by atoms with van der Waals surface area (Å²) in [5, 5.41) is 7.14. The maximum Gasteiger partial charge on any atom is 0.277 e. The first-order valence-corrected chi connectivity index (χ1v) is 8.87. The van der Waals surface area contributed by atoms with Crippen molar-refractivity contribution in [2.24, 2.45) is 0 Å². The van der Waals surface area contributed by atoms with Crippen molar-refractivity contribution in [2.45, 2.75) is 19.9 Å². The number of hydrogen-bond donors (Lipinski definition) is 1. The van der Waals surface area contributed by atoms with E-state index in [0.29, 0.717) is 36.1 Å². The van der Waals surface area contributed by atoms with Crippen LogP contribution < -0.4 is 10.9 Å². The second kappa shape index (κ2) is 7.03. The molecule has 4 rings (SSSR count). The first-order chi connectivity index (χ1) is 13.2. The quantitative estimate of drug-likeness (QED) is 0.590. The number of carbonyl (C=O) groups is 1. The maximum atomic E-state index is 12.6. The lowest BCUT2D eigenvalue weighted by Gasteiger charge is -2.11. The molecule has 4 aromatic rings. The molecular weight excluding hydrogens is 342 g/mol. The Kier molecular flexibility index (Phi) is 4.42. The Balaban J connectivity index is 1.63. The lowest BCUT2D eigenvalue weighted by atomic mass is 10.1. The highest BCUT2D eigenvalue weighted by molar-refractivity contribution is 5.97. The molecule has 3 aromatic heterocycles. The number of aryl methyl sites for hydroxylation is 1. The van der Waals surface area contributed by atoms with Crippen molar-refractivity contribution in [3.63, 3.8) is 0 Å². The second-order valence-electron chi connectivity index (χ2n) is 6.21. The van der Waals surface area contributed by atoms with Crippen LogP contribution in [0, 0.1) is 0 Å². The summed E-state index contributed by atoms with van der Waals surface area (Å²) in [5.74, 6) is -0.177. The van der Waals surface area contributed by atoms with E-state index in [1.165, 1.54) is 0 Å². The van der Waals surface area contributed by atoms with Gasteiger partial charge in [0.1, 0.15) is 5.52 Å². The average Bonchev–Trinajstić information content (AvgIpc) is 3.19. The molecule has 0 bridgehead atoms. The Morgan fingerprint density at radius 2 is 1.96 bits per heavy atom. The molecule has 0 saturated carbocycles. The zero-order chi connectivity index (χ0) is 18.8. The summed E-state index contributed by atoms with van der Waals surface area (Å²) < 4.78 is 3.28. The minimum Gasteiger partial charge on any atom is -0.352 e. The molecule has 27 heavy (non-hydrogen) atoms. The largest absolute Gasteiger partial charge is 0.352 e. The zero-order valence-electron chi connectivity index (χ0n) is 14.9. The number of hydrogen-bond acceptors (Lipinski definition) is 4. The minimum absolute atomic E-state index is 0.116. The first-order valence-electron chi connectivity index (χ1n) is 8.87. The molecule has 0 unspecified atom stereocenters. The molecule has 136 valence electrons. The van der Waals surface area contributed by atoms with Crippen molar-refractivity contribution < 1.29 is 4.79 Å². The summed E-state index contributed by atoms with van der Waals surface area (Å²) in [7, 11) is 0. The molecule has 1 amide bonds. The van der Waals surface area contributed by atoms with Gasteiger partial charge in [0, 0.05) is 37.0 Å². The lowest BCUT2D eigenvalue weighted by Crippen LogP contribution is -2.26. The third-order valence-electron chi connectivity index (χ3n) is 4.57. The summed E-state index contributed by atoms with van der Waals surface area (Å²) >= 11 is 0. The van der Waals surface area contributed by atoms with Crippen LogP contribution in [0.25, 0.3) is 16.6 Å². The van der Waals surface area contributed by atoms with Gasteiger partial charge in [-0.3, -0.25) is 14.6 Å². The van der Waals surface area contributed by atoms with Gasteiger partial charge in [-0.05, 0) is 43.3 Å². The van der Waals surface area contributed by atoms with Crippen molar-refractivity contribution in [3.05, 3.63) is 76.5 Å². The highest BCUT2D eigenvalue weighted by Gasteiger charge is 2.13. The van der Waals surface area contributed by atoms with Crippen LogP contribution in [0.4, 0.5) is 0 Å². The maximum absolute atomic E-state index is 12.6. The Morgan fingerprint density at radius 3 is 2.74 bits per heavy atom. The predicted molar refractivity (Wildman–Crippen MR) is 103 cm³/mol. The van der Waals surface area contributed by atoms with Gasteiger partial charge < -0.3 is 9.88 Å². The Labute approximate surface area is 155 Å². The summed E-state index contributed by atoms with van der Waals surface area (Å²) in [6.45, 7) is 2.92. The Hall–Kier alpha value is -3.48. The first kappa shape index (κ1) is 17.0. The monoisotopic (exact) mass is 361 g/mol. The lowest BCUT2D eigenvalue weighted by molar-refractivity contribution is 0.0954. The minimum atomic E-state index is -0.177. The molecule has 0 saturated heterocycles. The van der Waals surface area contributed by atoms with Gasteiger partial charge in [0.05, 0.1) is 17.2 Å². The normalized spacial score (nSPS) is 11.1. The highest BCUT2D eigenvalue weighted by atomic mass is 16.1. The standard InChI is InChI=1S/C20H19N5O2/c1-2-24-18-13-14(19(26)22-11-8-15-5-3-4-10-21-15)6-7-16(18)25-17(20(24)27)9-12-23-25/h3-7,9-10,12-13H,2,8,11H2,1H3,(H,22,26). The SMILES string of the molecule is CCn1c(=O)c2ccnn2c2ccc(C(=O)NCCc3ccccn3)cc21. The predicted octanol–water partition coefficient (Wildman–Crippen LogP) is 2.04. The highest BCUT2D eigenvalue weighted by Crippen LogP contribution is 2.16. The van der Waals surface area contributed by atoms with Crippen molar-refractivity contribution in [2.75, 3.05) is 6.54 Å². The fourth-order valence-corrected chi connectivity index (χ4v) is 3.23. The molecule has 0 aliphatic heterocycles. The van der Waals surface area contributed by atoms with E-state index < -0.39 is 0 Å². The van der Waals surface area contributed by atoms with E-state index >= 15 is 0 Å². The van der Waals surface area contributed by atoms with Gasteiger partial charge in [0.2, 0.25) is 0 Å². The van der Waals surface area contributed by atoms with Gasteiger partial charge in [-0.15, -0.1) is 0 Å².